The molecule has 1 saturated heterocycles. The van der Waals surface area contributed by atoms with Crippen molar-refractivity contribution in [1.29, 1.82) is 0 Å². The largest absolute Gasteiger partial charge is 0.325 e. The molecule has 2 aromatic carbocycles. The third-order valence-corrected chi connectivity index (χ3v) is 6.08. The highest BCUT2D eigenvalue weighted by atomic mass is 16.2. The number of fused-ring (bicyclic) bond motifs is 1. The Balaban J connectivity index is 1.40. The van der Waals surface area contributed by atoms with E-state index in [4.69, 9.17) is 0 Å². The quantitative estimate of drug-likeness (QED) is 0.625. The minimum absolute atomic E-state index is 0.0416. The average molecular weight is 431 g/mol. The Labute approximate surface area is 183 Å². The van der Waals surface area contributed by atoms with Gasteiger partial charge in [-0.15, -0.1) is 5.10 Å². The van der Waals surface area contributed by atoms with E-state index in [9.17, 15) is 14.4 Å². The van der Waals surface area contributed by atoms with E-state index in [2.05, 4.69) is 20.8 Å². The standard InChI is InChI=1S/C22H21N7O3/c1-14-10-15-6-3-4-9-18(15)29(14)19(30)12-27-20(31)22(2,24-21(27)32)16-7-5-8-17(11-16)28-13-23-25-26-28/h3-9,11,13-14H,10,12H2,1-2H3,(H,24,32)/t14-,22+/m1/s1. The number of nitrogens with zero attached hydrogens (tertiary/aromatic N) is 6. The molecule has 2 aliphatic heterocycles. The maximum atomic E-state index is 13.3. The number of carbonyl (C=O) groups is 3. The first-order chi connectivity index (χ1) is 15.4. The molecule has 10 heteroatoms. The van der Waals surface area contributed by atoms with Crippen molar-refractivity contribution in [3.63, 3.8) is 0 Å². The molecule has 3 aromatic rings. The summed E-state index contributed by atoms with van der Waals surface area (Å²) in [5.41, 5.74) is 1.81. The maximum absolute atomic E-state index is 13.3. The predicted molar refractivity (Wildman–Crippen MR) is 114 cm³/mol. The lowest BCUT2D eigenvalue weighted by Gasteiger charge is -2.26. The second-order valence-electron chi connectivity index (χ2n) is 8.20. The van der Waals surface area contributed by atoms with Crippen LogP contribution in [0.1, 0.15) is 25.0 Å². The summed E-state index contributed by atoms with van der Waals surface area (Å²) in [7, 11) is 0. The van der Waals surface area contributed by atoms with Gasteiger partial charge in [0.2, 0.25) is 5.91 Å². The summed E-state index contributed by atoms with van der Waals surface area (Å²) in [6.45, 7) is 3.26. The van der Waals surface area contributed by atoms with Crippen molar-refractivity contribution in [3.05, 3.63) is 66.0 Å². The molecule has 0 saturated carbocycles. The molecule has 0 spiro atoms. The molecule has 10 nitrogen and oxygen atoms in total. The molecule has 2 aliphatic rings. The minimum Gasteiger partial charge on any atom is -0.319 e. The van der Waals surface area contributed by atoms with E-state index in [1.807, 2.05) is 31.2 Å². The normalized spacial score (nSPS) is 22.2. The van der Waals surface area contributed by atoms with Gasteiger partial charge in [0.15, 0.2) is 0 Å². The SMILES string of the molecule is C[C@@H]1Cc2ccccc2N1C(=O)CN1C(=O)N[C@@](C)(c2cccc(-n3cnnn3)c2)C1=O. The monoisotopic (exact) mass is 431 g/mol. The lowest BCUT2D eigenvalue weighted by Crippen LogP contribution is -2.46. The van der Waals surface area contributed by atoms with Crippen molar-refractivity contribution in [3.8, 4) is 5.69 Å². The highest BCUT2D eigenvalue weighted by Gasteiger charge is 2.50. The number of aromatic nitrogens is 4. The lowest BCUT2D eigenvalue weighted by molar-refractivity contribution is -0.134. The van der Waals surface area contributed by atoms with Gasteiger partial charge in [-0.1, -0.05) is 30.3 Å². The average Bonchev–Trinajstić information content (AvgIpc) is 3.48. The van der Waals surface area contributed by atoms with E-state index in [1.165, 1.54) is 11.0 Å². The summed E-state index contributed by atoms with van der Waals surface area (Å²) in [5.74, 6) is -0.775. The first kappa shape index (κ1) is 19.9. The van der Waals surface area contributed by atoms with Crippen LogP contribution in [0.2, 0.25) is 0 Å². The first-order valence-electron chi connectivity index (χ1n) is 10.3. The van der Waals surface area contributed by atoms with Gasteiger partial charge in [0, 0.05) is 11.7 Å². The van der Waals surface area contributed by atoms with Gasteiger partial charge in [-0.2, -0.15) is 0 Å². The molecule has 32 heavy (non-hydrogen) atoms. The van der Waals surface area contributed by atoms with Crippen LogP contribution in [-0.4, -0.2) is 55.5 Å². The molecular weight excluding hydrogens is 410 g/mol. The Kier molecular flexibility index (Phi) is 4.50. The molecule has 1 N–H and O–H groups in total. The molecule has 0 radical (unpaired) electrons. The summed E-state index contributed by atoms with van der Waals surface area (Å²) >= 11 is 0. The van der Waals surface area contributed by atoms with Gasteiger partial charge in [0.25, 0.3) is 5.91 Å². The number of rotatable bonds is 4. The van der Waals surface area contributed by atoms with Crippen molar-refractivity contribution < 1.29 is 14.4 Å². The molecule has 0 unspecified atom stereocenters. The van der Waals surface area contributed by atoms with Gasteiger partial charge in [-0.3, -0.25) is 14.5 Å². The fourth-order valence-corrected chi connectivity index (χ4v) is 4.43. The minimum atomic E-state index is -1.31. The molecule has 5 rings (SSSR count). The number of tetrazole rings is 1. The highest BCUT2D eigenvalue weighted by molar-refractivity contribution is 6.11. The van der Waals surface area contributed by atoms with E-state index in [0.29, 0.717) is 11.3 Å². The van der Waals surface area contributed by atoms with E-state index < -0.39 is 17.5 Å². The van der Waals surface area contributed by atoms with Crippen LogP contribution in [0, 0.1) is 0 Å². The van der Waals surface area contributed by atoms with Gasteiger partial charge in [0.1, 0.15) is 18.4 Å². The van der Waals surface area contributed by atoms with Crippen LogP contribution in [0.15, 0.2) is 54.9 Å². The van der Waals surface area contributed by atoms with E-state index in [0.717, 1.165) is 22.6 Å². The van der Waals surface area contributed by atoms with Crippen molar-refractivity contribution in [1.82, 2.24) is 30.4 Å². The van der Waals surface area contributed by atoms with Crippen molar-refractivity contribution in [2.24, 2.45) is 0 Å². The van der Waals surface area contributed by atoms with Crippen LogP contribution in [0.4, 0.5) is 10.5 Å². The first-order valence-corrected chi connectivity index (χ1v) is 10.3. The Hall–Kier alpha value is -4.08. The van der Waals surface area contributed by atoms with Crippen LogP contribution in [0.25, 0.3) is 5.69 Å². The molecular formula is C22H21N7O3. The molecule has 1 fully saturated rings. The topological polar surface area (TPSA) is 113 Å². The van der Waals surface area contributed by atoms with Gasteiger partial charge >= 0.3 is 6.03 Å². The second-order valence-corrected chi connectivity index (χ2v) is 8.20. The fraction of sp³-hybridized carbons (Fsp3) is 0.273. The number of anilines is 1. The number of para-hydroxylation sites is 1. The van der Waals surface area contributed by atoms with Crippen LogP contribution < -0.4 is 10.2 Å². The molecule has 4 amide bonds. The lowest BCUT2D eigenvalue weighted by atomic mass is 9.91. The number of nitrogens with one attached hydrogen (secondary N) is 1. The molecule has 3 heterocycles. The Morgan fingerprint density at radius 1 is 1.19 bits per heavy atom. The van der Waals surface area contributed by atoms with Crippen molar-refractivity contribution >= 4 is 23.5 Å². The highest BCUT2D eigenvalue weighted by Crippen LogP contribution is 2.33. The number of imide groups is 1. The fourth-order valence-electron chi connectivity index (χ4n) is 4.43. The number of hydrogen-bond acceptors (Lipinski definition) is 6. The van der Waals surface area contributed by atoms with Gasteiger partial charge in [-0.25, -0.2) is 9.48 Å². The van der Waals surface area contributed by atoms with E-state index >= 15 is 0 Å². The summed E-state index contributed by atoms with van der Waals surface area (Å²) in [6.07, 6.45) is 2.18. The molecule has 0 bridgehead atoms. The molecule has 0 aliphatic carbocycles. The number of amides is 4. The van der Waals surface area contributed by atoms with Crippen LogP contribution in [0.3, 0.4) is 0 Å². The van der Waals surface area contributed by atoms with Crippen LogP contribution in [0.5, 0.6) is 0 Å². The Bertz CT molecular complexity index is 1230. The molecule has 2 atom stereocenters. The zero-order chi connectivity index (χ0) is 22.5. The smallest absolute Gasteiger partial charge is 0.319 e. The third kappa shape index (κ3) is 3.03. The summed E-state index contributed by atoms with van der Waals surface area (Å²) in [6, 6.07) is 14.1. The number of hydrogen-bond donors (Lipinski definition) is 1. The summed E-state index contributed by atoms with van der Waals surface area (Å²) < 4.78 is 1.46. The van der Waals surface area contributed by atoms with Crippen LogP contribution >= 0.6 is 0 Å². The van der Waals surface area contributed by atoms with E-state index in [1.54, 1.807) is 36.1 Å². The Morgan fingerprint density at radius 3 is 2.78 bits per heavy atom. The van der Waals surface area contributed by atoms with Crippen molar-refractivity contribution in [2.75, 3.05) is 11.4 Å². The van der Waals surface area contributed by atoms with Crippen LogP contribution in [-0.2, 0) is 21.5 Å². The number of carbonyl (C=O) groups excluding carboxylic acids is 3. The zero-order valence-corrected chi connectivity index (χ0v) is 17.6. The maximum Gasteiger partial charge on any atom is 0.325 e. The van der Waals surface area contributed by atoms with Crippen molar-refractivity contribution in [2.45, 2.75) is 31.8 Å². The molecule has 162 valence electrons. The van der Waals surface area contributed by atoms with E-state index in [-0.39, 0.29) is 18.5 Å². The third-order valence-electron chi connectivity index (χ3n) is 6.08. The van der Waals surface area contributed by atoms with Gasteiger partial charge in [0.05, 0.1) is 5.69 Å². The Morgan fingerprint density at radius 2 is 2.00 bits per heavy atom. The number of benzene rings is 2. The summed E-state index contributed by atoms with van der Waals surface area (Å²) in [5, 5.41) is 13.8. The zero-order valence-electron chi connectivity index (χ0n) is 17.6. The van der Waals surface area contributed by atoms with Gasteiger partial charge in [-0.05, 0) is 60.0 Å². The number of urea groups is 1. The molecule has 1 aromatic heterocycles. The second kappa shape index (κ2) is 7.26. The summed E-state index contributed by atoms with van der Waals surface area (Å²) in [4.78, 5) is 41.9. The predicted octanol–water partition coefficient (Wildman–Crippen LogP) is 1.41. The van der Waals surface area contributed by atoms with Gasteiger partial charge < -0.3 is 10.2 Å².